The molecule has 1 aliphatic heterocycles. The molecule has 5 nitrogen and oxygen atoms in total. The van der Waals surface area contributed by atoms with E-state index in [2.05, 4.69) is 28.2 Å². The van der Waals surface area contributed by atoms with Gasteiger partial charge in [0.25, 0.3) is 0 Å². The lowest BCUT2D eigenvalue weighted by Gasteiger charge is -2.34. The van der Waals surface area contributed by atoms with E-state index in [1.165, 1.54) is 0 Å². The number of piperidine rings is 1. The van der Waals surface area contributed by atoms with Crippen LogP contribution in [0.25, 0.3) is 0 Å². The van der Waals surface area contributed by atoms with E-state index in [4.69, 9.17) is 9.73 Å². The number of guanidine groups is 1. The zero-order valence-electron chi connectivity index (χ0n) is 15.9. The van der Waals surface area contributed by atoms with E-state index in [0.717, 1.165) is 62.8 Å². The number of benzene rings is 1. The SMILES string of the molecule is CCNC(=NCCc1ccccn1)N1CCC(Oc2ccccc2)CC1.I. The van der Waals surface area contributed by atoms with Crippen molar-refractivity contribution in [2.24, 2.45) is 4.99 Å². The molecule has 1 N–H and O–H groups in total. The first kappa shape index (κ1) is 21.5. The minimum atomic E-state index is 0. The topological polar surface area (TPSA) is 49.8 Å². The number of para-hydroxylation sites is 1. The van der Waals surface area contributed by atoms with Gasteiger partial charge in [-0.15, -0.1) is 24.0 Å². The van der Waals surface area contributed by atoms with Crippen LogP contribution in [-0.2, 0) is 6.42 Å². The first-order valence-electron chi connectivity index (χ1n) is 9.50. The number of aliphatic imine (C=N–C) groups is 1. The number of hydrogen-bond acceptors (Lipinski definition) is 3. The Balaban J connectivity index is 0.00000261. The van der Waals surface area contributed by atoms with E-state index in [1.54, 1.807) is 0 Å². The van der Waals surface area contributed by atoms with Crippen LogP contribution in [0, 0.1) is 0 Å². The van der Waals surface area contributed by atoms with Gasteiger partial charge in [0.1, 0.15) is 11.9 Å². The number of aromatic nitrogens is 1. The van der Waals surface area contributed by atoms with E-state index in [0.29, 0.717) is 0 Å². The molecule has 0 radical (unpaired) electrons. The second-order valence-corrected chi connectivity index (χ2v) is 6.42. The minimum Gasteiger partial charge on any atom is -0.490 e. The van der Waals surface area contributed by atoms with Gasteiger partial charge in [-0.05, 0) is 31.2 Å². The zero-order chi connectivity index (χ0) is 18.0. The maximum Gasteiger partial charge on any atom is 0.193 e. The van der Waals surface area contributed by atoms with Crippen LogP contribution < -0.4 is 10.1 Å². The van der Waals surface area contributed by atoms with Gasteiger partial charge in [-0.2, -0.15) is 0 Å². The summed E-state index contributed by atoms with van der Waals surface area (Å²) in [5.41, 5.74) is 1.09. The van der Waals surface area contributed by atoms with Gasteiger partial charge in [-0.25, -0.2) is 0 Å². The summed E-state index contributed by atoms with van der Waals surface area (Å²) in [4.78, 5) is 11.5. The molecule has 0 bridgehead atoms. The number of ether oxygens (including phenoxy) is 1. The molecule has 0 saturated carbocycles. The molecule has 1 aromatic carbocycles. The van der Waals surface area contributed by atoms with Crippen LogP contribution in [-0.4, -0.2) is 48.1 Å². The van der Waals surface area contributed by atoms with Crippen LogP contribution in [0.15, 0.2) is 59.7 Å². The standard InChI is InChI=1S/C21H28N4O.HI/c1-2-22-21(24-15-11-18-8-6-7-14-23-18)25-16-12-20(13-17-25)26-19-9-4-3-5-10-19;/h3-10,14,20H,2,11-13,15-17H2,1H3,(H,22,24);1H. The van der Waals surface area contributed by atoms with Crippen LogP contribution in [0.2, 0.25) is 0 Å². The van der Waals surface area contributed by atoms with Crippen LogP contribution in [0.1, 0.15) is 25.5 Å². The molecule has 6 heteroatoms. The van der Waals surface area contributed by atoms with Crippen molar-refractivity contribution in [2.45, 2.75) is 32.3 Å². The smallest absolute Gasteiger partial charge is 0.193 e. The van der Waals surface area contributed by atoms with Gasteiger partial charge in [0, 0.05) is 57.3 Å². The summed E-state index contributed by atoms with van der Waals surface area (Å²) in [6, 6.07) is 16.1. The van der Waals surface area contributed by atoms with Gasteiger partial charge in [-0.1, -0.05) is 24.3 Å². The largest absolute Gasteiger partial charge is 0.490 e. The van der Waals surface area contributed by atoms with Crippen molar-refractivity contribution < 1.29 is 4.74 Å². The monoisotopic (exact) mass is 480 g/mol. The highest BCUT2D eigenvalue weighted by Gasteiger charge is 2.22. The number of likely N-dealkylation sites (tertiary alicyclic amines) is 1. The Bertz CT molecular complexity index is 673. The predicted molar refractivity (Wildman–Crippen MR) is 121 cm³/mol. The number of rotatable bonds is 6. The molecule has 1 fully saturated rings. The third-order valence-corrected chi connectivity index (χ3v) is 4.48. The summed E-state index contributed by atoms with van der Waals surface area (Å²) in [5.74, 6) is 1.96. The van der Waals surface area contributed by atoms with Gasteiger partial charge in [-0.3, -0.25) is 9.98 Å². The number of hydrogen-bond donors (Lipinski definition) is 1. The number of halogens is 1. The minimum absolute atomic E-state index is 0. The van der Waals surface area contributed by atoms with Gasteiger partial charge >= 0.3 is 0 Å². The highest BCUT2D eigenvalue weighted by molar-refractivity contribution is 14.0. The van der Waals surface area contributed by atoms with Crippen molar-refractivity contribution in [1.29, 1.82) is 0 Å². The average molecular weight is 480 g/mol. The molecule has 2 aromatic rings. The van der Waals surface area contributed by atoms with Gasteiger partial charge in [0.05, 0.1) is 0 Å². The van der Waals surface area contributed by atoms with E-state index < -0.39 is 0 Å². The van der Waals surface area contributed by atoms with Gasteiger partial charge in [0.15, 0.2) is 5.96 Å². The van der Waals surface area contributed by atoms with Crippen molar-refractivity contribution in [3.63, 3.8) is 0 Å². The molecule has 0 aliphatic carbocycles. The van der Waals surface area contributed by atoms with Crippen molar-refractivity contribution >= 4 is 29.9 Å². The fourth-order valence-corrected chi connectivity index (χ4v) is 3.13. The van der Waals surface area contributed by atoms with E-state index in [-0.39, 0.29) is 30.1 Å². The van der Waals surface area contributed by atoms with E-state index >= 15 is 0 Å². The highest BCUT2D eigenvalue weighted by Crippen LogP contribution is 2.18. The molecule has 1 aromatic heterocycles. The molecule has 2 heterocycles. The molecule has 3 rings (SSSR count). The van der Waals surface area contributed by atoms with Crippen molar-refractivity contribution in [1.82, 2.24) is 15.2 Å². The Morgan fingerprint density at radius 3 is 2.56 bits per heavy atom. The van der Waals surface area contributed by atoms with Gasteiger partial charge in [0.2, 0.25) is 0 Å². The van der Waals surface area contributed by atoms with Crippen molar-refractivity contribution in [3.8, 4) is 5.75 Å². The number of nitrogens with one attached hydrogen (secondary N) is 1. The summed E-state index contributed by atoms with van der Waals surface area (Å²) in [5, 5.41) is 3.42. The molecule has 1 saturated heterocycles. The lowest BCUT2D eigenvalue weighted by Crippen LogP contribution is -2.47. The molecule has 146 valence electrons. The fourth-order valence-electron chi connectivity index (χ4n) is 3.13. The average Bonchev–Trinajstić information content (AvgIpc) is 2.70. The Morgan fingerprint density at radius 2 is 1.89 bits per heavy atom. The Labute approximate surface area is 179 Å². The zero-order valence-corrected chi connectivity index (χ0v) is 18.2. The lowest BCUT2D eigenvalue weighted by molar-refractivity contribution is 0.129. The Hall–Kier alpha value is -1.83. The summed E-state index contributed by atoms with van der Waals surface area (Å²) >= 11 is 0. The molecule has 1 aliphatic rings. The highest BCUT2D eigenvalue weighted by atomic mass is 127. The van der Waals surface area contributed by atoms with Crippen LogP contribution in [0.5, 0.6) is 5.75 Å². The van der Waals surface area contributed by atoms with Crippen LogP contribution >= 0.6 is 24.0 Å². The third-order valence-electron chi connectivity index (χ3n) is 4.48. The summed E-state index contributed by atoms with van der Waals surface area (Å²) < 4.78 is 6.09. The molecule has 0 atom stereocenters. The quantitative estimate of drug-likeness (QED) is 0.389. The number of pyridine rings is 1. The summed E-state index contributed by atoms with van der Waals surface area (Å²) in [6.45, 7) is 5.67. The fraction of sp³-hybridized carbons (Fsp3) is 0.429. The molecule has 0 amide bonds. The van der Waals surface area contributed by atoms with Crippen LogP contribution in [0.4, 0.5) is 0 Å². The second-order valence-electron chi connectivity index (χ2n) is 6.42. The van der Waals surface area contributed by atoms with Gasteiger partial charge < -0.3 is 15.0 Å². The van der Waals surface area contributed by atoms with Crippen LogP contribution in [0.3, 0.4) is 0 Å². The predicted octanol–water partition coefficient (Wildman–Crippen LogP) is 3.75. The third kappa shape index (κ3) is 7.01. The molecule has 0 unspecified atom stereocenters. The number of nitrogens with zero attached hydrogens (tertiary/aromatic N) is 3. The van der Waals surface area contributed by atoms with Crippen molar-refractivity contribution in [3.05, 3.63) is 60.4 Å². The first-order valence-corrected chi connectivity index (χ1v) is 9.50. The second kappa shape index (κ2) is 11.8. The lowest BCUT2D eigenvalue weighted by atomic mass is 10.1. The first-order chi connectivity index (χ1) is 12.8. The van der Waals surface area contributed by atoms with Crippen molar-refractivity contribution in [2.75, 3.05) is 26.2 Å². The maximum atomic E-state index is 6.09. The van der Waals surface area contributed by atoms with E-state index in [1.807, 2.05) is 48.7 Å². The molecular formula is C21H29IN4O. The molecular weight excluding hydrogens is 451 g/mol. The van der Waals surface area contributed by atoms with E-state index in [9.17, 15) is 0 Å². The normalized spacial score (nSPS) is 15.1. The molecule has 0 spiro atoms. The Kier molecular flexibility index (Phi) is 9.38. The molecule has 27 heavy (non-hydrogen) atoms. The summed E-state index contributed by atoms with van der Waals surface area (Å²) in [7, 11) is 0. The summed E-state index contributed by atoms with van der Waals surface area (Å²) in [6.07, 6.45) is 5.01. The maximum absolute atomic E-state index is 6.09. The Morgan fingerprint density at radius 1 is 1.15 bits per heavy atom.